The van der Waals surface area contributed by atoms with Crippen LogP contribution in [0, 0.1) is 5.92 Å². The molecule has 2 aliphatic heterocycles. The zero-order valence-corrected chi connectivity index (χ0v) is 16.3. The van der Waals surface area contributed by atoms with E-state index in [4.69, 9.17) is 14.5 Å². The van der Waals surface area contributed by atoms with E-state index < -0.39 is 31.5 Å². The maximum atomic E-state index is 11.6. The molecule has 1 aromatic rings. The minimum absolute atomic E-state index is 0.00577. The maximum absolute atomic E-state index is 11.6. The Balaban J connectivity index is 2.02. The molecule has 0 aromatic carbocycles. The van der Waals surface area contributed by atoms with E-state index in [2.05, 4.69) is 16.4 Å². The van der Waals surface area contributed by atoms with Gasteiger partial charge >= 0.3 is 7.82 Å². The lowest BCUT2D eigenvalue weighted by Gasteiger charge is -2.30. The Bertz CT molecular complexity index is 901. The van der Waals surface area contributed by atoms with Crippen molar-refractivity contribution in [2.45, 2.75) is 31.6 Å². The van der Waals surface area contributed by atoms with Crippen molar-refractivity contribution in [2.24, 2.45) is 5.92 Å². The Morgan fingerprint density at radius 2 is 2.00 bits per heavy atom. The SMILES string of the molecule is C=CC(=O)NCC12C=CC(C(C)C)(O1)c1c2c(O)n(CCOP(=O)(O)O)c1O. The summed E-state index contributed by atoms with van der Waals surface area (Å²) in [6.07, 6.45) is 4.63. The summed E-state index contributed by atoms with van der Waals surface area (Å²) >= 11 is 0. The summed E-state index contributed by atoms with van der Waals surface area (Å²) in [5.74, 6) is -1.13. The van der Waals surface area contributed by atoms with Crippen molar-refractivity contribution in [3.8, 4) is 11.8 Å². The molecule has 2 atom stereocenters. The molecule has 0 spiro atoms. The highest BCUT2D eigenvalue weighted by molar-refractivity contribution is 7.46. The molecule has 2 aliphatic rings. The van der Waals surface area contributed by atoms with E-state index in [1.54, 1.807) is 12.2 Å². The second kappa shape index (κ2) is 6.75. The molecule has 0 aliphatic carbocycles. The van der Waals surface area contributed by atoms with E-state index in [0.717, 1.165) is 10.6 Å². The van der Waals surface area contributed by atoms with Crippen molar-refractivity contribution >= 4 is 13.7 Å². The molecular weight excluding hydrogens is 391 g/mol. The van der Waals surface area contributed by atoms with Crippen LogP contribution in [-0.4, -0.2) is 43.6 Å². The number of ether oxygens (including phenoxy) is 1. The van der Waals surface area contributed by atoms with E-state index in [9.17, 15) is 19.6 Å². The van der Waals surface area contributed by atoms with Crippen LogP contribution in [0.4, 0.5) is 0 Å². The summed E-state index contributed by atoms with van der Waals surface area (Å²) < 4.78 is 22.6. The number of nitrogens with zero attached hydrogens (tertiary/aromatic N) is 1. The van der Waals surface area contributed by atoms with Gasteiger partial charge in [-0.3, -0.25) is 13.9 Å². The first-order chi connectivity index (χ1) is 13.0. The molecule has 0 saturated carbocycles. The van der Waals surface area contributed by atoms with E-state index in [-0.39, 0.29) is 30.8 Å². The van der Waals surface area contributed by atoms with Crippen LogP contribution in [-0.2, 0) is 36.4 Å². The van der Waals surface area contributed by atoms with Gasteiger partial charge in [-0.15, -0.1) is 0 Å². The number of fused-ring (bicyclic) bond motifs is 5. The molecule has 10 nitrogen and oxygen atoms in total. The van der Waals surface area contributed by atoms with Gasteiger partial charge in [0.15, 0.2) is 0 Å². The summed E-state index contributed by atoms with van der Waals surface area (Å²) in [5.41, 5.74) is -1.52. The van der Waals surface area contributed by atoms with E-state index in [0.29, 0.717) is 11.1 Å². The summed E-state index contributed by atoms with van der Waals surface area (Å²) in [6.45, 7) is 6.56. The van der Waals surface area contributed by atoms with Gasteiger partial charge in [0.1, 0.15) is 11.2 Å². The van der Waals surface area contributed by atoms with Gasteiger partial charge in [-0.2, -0.15) is 0 Å². The predicted octanol–water partition coefficient (Wildman–Crippen LogP) is 0.957. The minimum Gasteiger partial charge on any atom is -0.494 e. The van der Waals surface area contributed by atoms with Crippen LogP contribution >= 0.6 is 7.82 Å². The Hall–Kier alpha value is -2.10. The highest BCUT2D eigenvalue weighted by Crippen LogP contribution is 2.62. The van der Waals surface area contributed by atoms with E-state index in [1.165, 1.54) is 0 Å². The molecule has 3 rings (SSSR count). The second-order valence-electron chi connectivity index (χ2n) is 7.07. The lowest BCUT2D eigenvalue weighted by Crippen LogP contribution is -2.39. The average molecular weight is 414 g/mol. The molecule has 11 heteroatoms. The highest BCUT2D eigenvalue weighted by atomic mass is 31.2. The van der Waals surface area contributed by atoms with Gasteiger partial charge in [0.2, 0.25) is 17.7 Å². The van der Waals surface area contributed by atoms with Crippen LogP contribution in [0.15, 0.2) is 24.8 Å². The minimum atomic E-state index is -4.68. The van der Waals surface area contributed by atoms with Crippen molar-refractivity contribution in [3.05, 3.63) is 35.9 Å². The van der Waals surface area contributed by atoms with Gasteiger partial charge in [0.25, 0.3) is 0 Å². The third-order valence-electron chi connectivity index (χ3n) is 5.12. The van der Waals surface area contributed by atoms with E-state index in [1.807, 2.05) is 13.8 Å². The number of phosphoric acid groups is 1. The number of rotatable bonds is 8. The third-order valence-corrected chi connectivity index (χ3v) is 5.64. The normalized spacial score (nSPS) is 25.3. The fourth-order valence-corrected chi connectivity index (χ4v) is 4.12. The maximum Gasteiger partial charge on any atom is 0.469 e. The highest BCUT2D eigenvalue weighted by Gasteiger charge is 2.61. The van der Waals surface area contributed by atoms with Crippen LogP contribution < -0.4 is 5.32 Å². The lowest BCUT2D eigenvalue weighted by molar-refractivity contribution is -0.121. The van der Waals surface area contributed by atoms with Gasteiger partial charge < -0.3 is 30.1 Å². The van der Waals surface area contributed by atoms with Crippen molar-refractivity contribution < 1.29 is 38.6 Å². The molecule has 28 heavy (non-hydrogen) atoms. The Kier molecular flexibility index (Phi) is 4.97. The number of aromatic nitrogens is 1. The standard InChI is InChI=1S/C17H23N2O8P/c1-4-11(20)18-9-16-5-6-17(27-16,10(2)3)13-12(16)14(21)19(15(13)22)7-8-26-28(23,24)25/h4-6,10,21-22H,1,7-9H2,2-3H3,(H,18,20)(H2,23,24,25). The molecule has 0 saturated heterocycles. The van der Waals surface area contributed by atoms with Gasteiger partial charge in [0, 0.05) is 0 Å². The molecule has 1 amide bonds. The molecule has 3 heterocycles. The van der Waals surface area contributed by atoms with Crippen LogP contribution in [0.25, 0.3) is 0 Å². The van der Waals surface area contributed by atoms with Gasteiger partial charge in [-0.25, -0.2) is 4.57 Å². The molecular formula is C17H23N2O8P. The van der Waals surface area contributed by atoms with Crippen molar-refractivity contribution in [1.82, 2.24) is 9.88 Å². The van der Waals surface area contributed by atoms with Crippen LogP contribution in [0.2, 0.25) is 0 Å². The van der Waals surface area contributed by atoms with Crippen LogP contribution in [0.1, 0.15) is 25.0 Å². The number of carbonyl (C=O) groups excluding carboxylic acids is 1. The van der Waals surface area contributed by atoms with Crippen molar-refractivity contribution in [2.75, 3.05) is 13.2 Å². The fraction of sp³-hybridized carbons (Fsp3) is 0.471. The molecule has 2 unspecified atom stereocenters. The van der Waals surface area contributed by atoms with Crippen molar-refractivity contribution in [3.63, 3.8) is 0 Å². The second-order valence-corrected chi connectivity index (χ2v) is 8.31. The van der Waals surface area contributed by atoms with E-state index >= 15 is 0 Å². The average Bonchev–Trinajstić information content (AvgIpc) is 3.22. The number of amides is 1. The number of hydrogen-bond acceptors (Lipinski definition) is 6. The summed E-state index contributed by atoms with van der Waals surface area (Å²) in [7, 11) is -4.68. The van der Waals surface area contributed by atoms with Gasteiger partial charge in [-0.05, 0) is 24.1 Å². The Labute approximate surface area is 161 Å². The Morgan fingerprint density at radius 1 is 1.36 bits per heavy atom. The number of hydrogen-bond donors (Lipinski definition) is 5. The number of aromatic hydroxyl groups is 2. The quantitative estimate of drug-likeness (QED) is 0.240. The summed E-state index contributed by atoms with van der Waals surface area (Å²) in [5, 5.41) is 24.2. The summed E-state index contributed by atoms with van der Waals surface area (Å²) in [4.78, 5) is 29.3. The van der Waals surface area contributed by atoms with Gasteiger partial charge in [0.05, 0.1) is 30.8 Å². The zero-order chi connectivity index (χ0) is 20.9. The van der Waals surface area contributed by atoms with Gasteiger partial charge in [-0.1, -0.05) is 20.4 Å². The zero-order valence-electron chi connectivity index (χ0n) is 15.5. The predicted molar refractivity (Wildman–Crippen MR) is 97.4 cm³/mol. The topological polar surface area (TPSA) is 150 Å². The Morgan fingerprint density at radius 3 is 2.57 bits per heavy atom. The molecule has 2 bridgehead atoms. The van der Waals surface area contributed by atoms with Crippen molar-refractivity contribution in [1.29, 1.82) is 0 Å². The fourth-order valence-electron chi connectivity index (χ4n) is 3.80. The first-order valence-corrected chi connectivity index (χ1v) is 10.2. The lowest BCUT2D eigenvalue weighted by atomic mass is 9.78. The van der Waals surface area contributed by atoms with Crippen LogP contribution in [0.5, 0.6) is 11.8 Å². The molecule has 5 N–H and O–H groups in total. The molecule has 154 valence electrons. The van der Waals surface area contributed by atoms with Crippen LogP contribution in [0.3, 0.4) is 0 Å². The smallest absolute Gasteiger partial charge is 0.469 e. The summed E-state index contributed by atoms with van der Waals surface area (Å²) in [6, 6.07) is 0. The third kappa shape index (κ3) is 3.07. The first kappa shape index (κ1) is 20.6. The largest absolute Gasteiger partial charge is 0.494 e. The number of nitrogens with one attached hydrogen (secondary N) is 1. The number of carbonyl (C=O) groups is 1. The molecule has 0 radical (unpaired) electrons. The number of phosphoric ester groups is 1. The first-order valence-electron chi connectivity index (χ1n) is 8.63. The monoisotopic (exact) mass is 414 g/mol. The molecule has 0 fully saturated rings. The molecule has 1 aromatic heterocycles.